The number of nitrogens with zero attached hydrogens (tertiary/aromatic N) is 2. The minimum atomic E-state index is -0.206. The Hall–Kier alpha value is -1.69. The maximum atomic E-state index is 11.3. The van der Waals surface area contributed by atoms with E-state index < -0.39 is 0 Å². The van der Waals surface area contributed by atoms with Crippen molar-refractivity contribution in [2.45, 2.75) is 0 Å². The standard InChI is InChI=1S/C7H4N4OS/c12-7-4-3(1-9-11-7)5-6(10-4)8-2-13-5/h1-2,10H,(H,11,12). The molecule has 5 nitrogen and oxygen atoms in total. The summed E-state index contributed by atoms with van der Waals surface area (Å²) in [6, 6.07) is 0. The summed E-state index contributed by atoms with van der Waals surface area (Å²) in [5.41, 5.74) is 2.83. The number of thiazole rings is 1. The van der Waals surface area contributed by atoms with Crippen molar-refractivity contribution in [1.29, 1.82) is 0 Å². The fourth-order valence-corrected chi connectivity index (χ4v) is 2.10. The number of hydrogen-bond donors (Lipinski definition) is 2. The Morgan fingerprint density at radius 2 is 2.38 bits per heavy atom. The highest BCUT2D eigenvalue weighted by Gasteiger charge is 2.08. The first-order valence-electron chi connectivity index (χ1n) is 3.65. The zero-order valence-corrected chi connectivity index (χ0v) is 7.18. The van der Waals surface area contributed by atoms with E-state index in [4.69, 9.17) is 0 Å². The van der Waals surface area contributed by atoms with Gasteiger partial charge in [-0.3, -0.25) is 4.79 Å². The minimum absolute atomic E-state index is 0.206. The van der Waals surface area contributed by atoms with Crippen LogP contribution >= 0.6 is 11.3 Å². The van der Waals surface area contributed by atoms with Crippen LogP contribution < -0.4 is 5.56 Å². The molecule has 0 radical (unpaired) electrons. The van der Waals surface area contributed by atoms with Crippen molar-refractivity contribution < 1.29 is 0 Å². The molecule has 0 atom stereocenters. The van der Waals surface area contributed by atoms with E-state index in [0.717, 1.165) is 15.7 Å². The summed E-state index contributed by atoms with van der Waals surface area (Å²) in [6.07, 6.45) is 1.63. The maximum Gasteiger partial charge on any atom is 0.288 e. The van der Waals surface area contributed by atoms with Crippen LogP contribution in [0.4, 0.5) is 0 Å². The molecular weight excluding hydrogens is 188 g/mol. The third-order valence-electron chi connectivity index (χ3n) is 1.91. The predicted molar refractivity (Wildman–Crippen MR) is 49.9 cm³/mol. The first kappa shape index (κ1) is 6.79. The molecule has 2 N–H and O–H groups in total. The van der Waals surface area contributed by atoms with Crippen LogP contribution in [0.5, 0.6) is 0 Å². The molecule has 0 aliphatic heterocycles. The Bertz CT molecular complexity index is 634. The Labute approximate surface area is 75.4 Å². The molecule has 0 spiro atoms. The SMILES string of the molecule is O=c1[nH]ncc2c1[nH]c1ncsc12. The van der Waals surface area contributed by atoms with Crippen LogP contribution in [0.3, 0.4) is 0 Å². The summed E-state index contributed by atoms with van der Waals surface area (Å²) in [4.78, 5) is 18.3. The zero-order chi connectivity index (χ0) is 8.84. The number of fused-ring (bicyclic) bond motifs is 3. The highest BCUT2D eigenvalue weighted by molar-refractivity contribution is 7.17. The number of aromatic amines is 2. The quantitative estimate of drug-likeness (QED) is 0.554. The molecule has 6 heteroatoms. The Kier molecular flexibility index (Phi) is 1.13. The molecule has 0 saturated carbocycles. The molecule has 3 aromatic heterocycles. The molecule has 0 amide bonds. The van der Waals surface area contributed by atoms with E-state index in [1.165, 1.54) is 11.3 Å². The van der Waals surface area contributed by atoms with Crippen LogP contribution in [0.25, 0.3) is 21.3 Å². The molecule has 3 rings (SSSR count). The fraction of sp³-hybridized carbons (Fsp3) is 0. The summed E-state index contributed by atoms with van der Waals surface area (Å²) in [5.74, 6) is 0. The Balaban J connectivity index is 2.74. The second kappa shape index (κ2) is 2.17. The molecule has 3 aromatic rings. The van der Waals surface area contributed by atoms with Gasteiger partial charge in [-0.25, -0.2) is 10.1 Å². The van der Waals surface area contributed by atoms with Crippen molar-refractivity contribution in [3.8, 4) is 0 Å². The largest absolute Gasteiger partial charge is 0.334 e. The van der Waals surface area contributed by atoms with Crippen LogP contribution in [0, 0.1) is 0 Å². The van der Waals surface area contributed by atoms with Gasteiger partial charge in [-0.2, -0.15) is 5.10 Å². The van der Waals surface area contributed by atoms with Crippen molar-refractivity contribution in [2.24, 2.45) is 0 Å². The first-order chi connectivity index (χ1) is 6.36. The molecular formula is C7H4N4OS. The molecule has 0 bridgehead atoms. The third-order valence-corrected chi connectivity index (χ3v) is 2.77. The Morgan fingerprint density at radius 1 is 1.46 bits per heavy atom. The summed E-state index contributed by atoms with van der Waals surface area (Å²) in [5, 5.41) is 6.94. The maximum absolute atomic E-state index is 11.3. The summed E-state index contributed by atoms with van der Waals surface area (Å²) < 4.78 is 0.980. The number of hydrogen-bond acceptors (Lipinski definition) is 4. The van der Waals surface area contributed by atoms with Gasteiger partial charge in [0.2, 0.25) is 0 Å². The molecule has 0 fully saturated rings. The summed E-state index contributed by atoms with van der Waals surface area (Å²) in [7, 11) is 0. The molecule has 0 aliphatic carbocycles. The van der Waals surface area contributed by atoms with E-state index in [9.17, 15) is 4.79 Å². The van der Waals surface area contributed by atoms with Gasteiger partial charge < -0.3 is 4.98 Å². The molecule has 3 heterocycles. The smallest absolute Gasteiger partial charge is 0.288 e. The lowest BCUT2D eigenvalue weighted by atomic mass is 10.4. The number of aromatic nitrogens is 4. The fourth-order valence-electron chi connectivity index (χ4n) is 1.34. The van der Waals surface area contributed by atoms with Crippen LogP contribution in [-0.2, 0) is 0 Å². The van der Waals surface area contributed by atoms with E-state index in [-0.39, 0.29) is 5.56 Å². The van der Waals surface area contributed by atoms with Crippen LogP contribution in [-0.4, -0.2) is 20.2 Å². The number of nitrogens with one attached hydrogen (secondary N) is 2. The van der Waals surface area contributed by atoms with E-state index in [1.54, 1.807) is 11.7 Å². The van der Waals surface area contributed by atoms with Gasteiger partial charge in [-0.1, -0.05) is 0 Å². The van der Waals surface area contributed by atoms with Gasteiger partial charge in [0, 0.05) is 5.39 Å². The Morgan fingerprint density at radius 3 is 3.31 bits per heavy atom. The number of rotatable bonds is 0. The number of H-pyrrole nitrogens is 2. The summed E-state index contributed by atoms with van der Waals surface area (Å²) >= 11 is 1.50. The second-order valence-corrected chi connectivity index (χ2v) is 3.50. The van der Waals surface area contributed by atoms with Gasteiger partial charge in [-0.05, 0) is 0 Å². The van der Waals surface area contributed by atoms with E-state index in [0.29, 0.717) is 5.52 Å². The van der Waals surface area contributed by atoms with Crippen molar-refractivity contribution in [1.82, 2.24) is 20.2 Å². The van der Waals surface area contributed by atoms with E-state index in [2.05, 4.69) is 20.2 Å². The van der Waals surface area contributed by atoms with Gasteiger partial charge in [0.1, 0.15) is 11.2 Å². The average molecular weight is 192 g/mol. The second-order valence-electron chi connectivity index (χ2n) is 2.64. The predicted octanol–water partition coefficient (Wildman–Crippen LogP) is 0.861. The lowest BCUT2D eigenvalue weighted by Crippen LogP contribution is -2.06. The van der Waals surface area contributed by atoms with Gasteiger partial charge in [-0.15, -0.1) is 11.3 Å². The topological polar surface area (TPSA) is 74.4 Å². The monoisotopic (exact) mass is 192 g/mol. The van der Waals surface area contributed by atoms with E-state index in [1.807, 2.05) is 0 Å². The van der Waals surface area contributed by atoms with Gasteiger partial charge in [0.25, 0.3) is 5.56 Å². The minimum Gasteiger partial charge on any atom is -0.334 e. The molecule has 0 aliphatic rings. The lowest BCUT2D eigenvalue weighted by molar-refractivity contribution is 1.01. The van der Waals surface area contributed by atoms with E-state index >= 15 is 0 Å². The molecule has 0 unspecified atom stereocenters. The van der Waals surface area contributed by atoms with Crippen LogP contribution in [0.15, 0.2) is 16.5 Å². The highest BCUT2D eigenvalue weighted by atomic mass is 32.1. The molecule has 13 heavy (non-hydrogen) atoms. The normalized spacial score (nSPS) is 11.4. The van der Waals surface area contributed by atoms with Crippen molar-refractivity contribution >= 4 is 32.6 Å². The average Bonchev–Trinajstić information content (AvgIpc) is 2.65. The zero-order valence-electron chi connectivity index (χ0n) is 6.37. The third kappa shape index (κ3) is 0.775. The van der Waals surface area contributed by atoms with Gasteiger partial charge in [0.05, 0.1) is 16.4 Å². The van der Waals surface area contributed by atoms with Crippen LogP contribution in [0.1, 0.15) is 0 Å². The van der Waals surface area contributed by atoms with Gasteiger partial charge >= 0.3 is 0 Å². The van der Waals surface area contributed by atoms with Crippen molar-refractivity contribution in [2.75, 3.05) is 0 Å². The summed E-state index contributed by atoms with van der Waals surface area (Å²) in [6.45, 7) is 0. The lowest BCUT2D eigenvalue weighted by Gasteiger charge is -1.84. The molecule has 64 valence electrons. The molecule has 0 saturated heterocycles. The van der Waals surface area contributed by atoms with Crippen molar-refractivity contribution in [3.05, 3.63) is 22.1 Å². The highest BCUT2D eigenvalue weighted by Crippen LogP contribution is 2.24. The van der Waals surface area contributed by atoms with Crippen LogP contribution in [0.2, 0.25) is 0 Å². The van der Waals surface area contributed by atoms with Crippen molar-refractivity contribution in [3.63, 3.8) is 0 Å². The van der Waals surface area contributed by atoms with Gasteiger partial charge in [0.15, 0.2) is 0 Å². The first-order valence-corrected chi connectivity index (χ1v) is 4.53. The molecule has 0 aromatic carbocycles.